The van der Waals surface area contributed by atoms with Crippen molar-refractivity contribution in [3.63, 3.8) is 0 Å². The zero-order chi connectivity index (χ0) is 20.3. The van der Waals surface area contributed by atoms with Crippen LogP contribution in [0.2, 0.25) is 0 Å². The molecule has 1 aliphatic heterocycles. The molecule has 7 heteroatoms. The predicted octanol–water partition coefficient (Wildman–Crippen LogP) is 2.06. The largest absolute Gasteiger partial charge is 0.374 e. The predicted molar refractivity (Wildman–Crippen MR) is 110 cm³/mol. The van der Waals surface area contributed by atoms with Crippen molar-refractivity contribution in [2.45, 2.75) is 53.6 Å². The summed E-state index contributed by atoms with van der Waals surface area (Å²) in [6, 6.07) is 1.98. The Morgan fingerprint density at radius 1 is 1.36 bits per heavy atom. The first-order valence-electron chi connectivity index (χ1n) is 10.3. The molecule has 1 saturated heterocycles. The molecule has 1 fully saturated rings. The Morgan fingerprint density at radius 2 is 2.14 bits per heavy atom. The van der Waals surface area contributed by atoms with Crippen LogP contribution >= 0.6 is 0 Å². The molecule has 1 atom stereocenters. The van der Waals surface area contributed by atoms with Crippen molar-refractivity contribution in [2.24, 2.45) is 5.92 Å². The summed E-state index contributed by atoms with van der Waals surface area (Å²) in [4.78, 5) is 19.4. The molecule has 2 aromatic rings. The number of aromatic nitrogens is 3. The SMILES string of the molecule is Cc1cc2nc(C)c(CCC(=O)NCC3CN(CC(C)C)CCO3)c(C)n2n1. The average molecular weight is 388 g/mol. The van der Waals surface area contributed by atoms with Gasteiger partial charge in [-0.1, -0.05) is 13.8 Å². The fourth-order valence-electron chi connectivity index (χ4n) is 3.94. The van der Waals surface area contributed by atoms with E-state index in [2.05, 4.69) is 34.1 Å². The molecule has 1 amide bonds. The molecule has 7 nitrogen and oxygen atoms in total. The topological polar surface area (TPSA) is 71.8 Å². The van der Waals surface area contributed by atoms with Crippen LogP contribution < -0.4 is 5.32 Å². The molecule has 1 unspecified atom stereocenters. The molecule has 0 aromatic carbocycles. The van der Waals surface area contributed by atoms with Gasteiger partial charge in [0.2, 0.25) is 5.91 Å². The number of amides is 1. The van der Waals surface area contributed by atoms with Gasteiger partial charge in [-0.3, -0.25) is 9.69 Å². The van der Waals surface area contributed by atoms with Crippen molar-refractivity contribution in [1.29, 1.82) is 0 Å². The second kappa shape index (κ2) is 9.01. The normalized spacial score (nSPS) is 18.1. The minimum Gasteiger partial charge on any atom is -0.374 e. The minimum absolute atomic E-state index is 0.0557. The summed E-state index contributed by atoms with van der Waals surface area (Å²) in [7, 11) is 0. The number of fused-ring (bicyclic) bond motifs is 1. The maximum Gasteiger partial charge on any atom is 0.220 e. The van der Waals surface area contributed by atoms with Gasteiger partial charge in [-0.2, -0.15) is 5.10 Å². The van der Waals surface area contributed by atoms with Crippen molar-refractivity contribution < 1.29 is 9.53 Å². The van der Waals surface area contributed by atoms with Gasteiger partial charge in [0.25, 0.3) is 0 Å². The van der Waals surface area contributed by atoms with E-state index in [4.69, 9.17) is 4.74 Å². The fourth-order valence-corrected chi connectivity index (χ4v) is 3.94. The number of nitrogens with one attached hydrogen (secondary N) is 1. The molecule has 1 aliphatic rings. The van der Waals surface area contributed by atoms with Crippen LogP contribution in [-0.4, -0.2) is 64.3 Å². The lowest BCUT2D eigenvalue weighted by molar-refractivity contribution is -0.122. The highest BCUT2D eigenvalue weighted by atomic mass is 16.5. The summed E-state index contributed by atoms with van der Waals surface area (Å²) in [5.41, 5.74) is 4.94. The molecule has 3 rings (SSSR count). The van der Waals surface area contributed by atoms with Gasteiger partial charge in [-0.25, -0.2) is 9.50 Å². The van der Waals surface area contributed by atoms with Crippen molar-refractivity contribution in [1.82, 2.24) is 24.8 Å². The van der Waals surface area contributed by atoms with E-state index in [1.807, 2.05) is 31.4 Å². The number of ether oxygens (including phenoxy) is 1. The highest BCUT2D eigenvalue weighted by Gasteiger charge is 2.21. The quantitative estimate of drug-likeness (QED) is 0.787. The Hall–Kier alpha value is -1.99. The number of aryl methyl sites for hydroxylation is 3. The lowest BCUT2D eigenvalue weighted by Crippen LogP contribution is -2.48. The molecule has 0 spiro atoms. The maximum atomic E-state index is 12.4. The first kappa shape index (κ1) is 20.7. The summed E-state index contributed by atoms with van der Waals surface area (Å²) in [5.74, 6) is 0.699. The van der Waals surface area contributed by atoms with Gasteiger partial charge in [-0.15, -0.1) is 0 Å². The van der Waals surface area contributed by atoms with Crippen LogP contribution in [-0.2, 0) is 16.0 Å². The molecule has 0 saturated carbocycles. The number of hydrogen-bond donors (Lipinski definition) is 1. The van der Waals surface area contributed by atoms with Crippen LogP contribution in [0.4, 0.5) is 0 Å². The highest BCUT2D eigenvalue weighted by Crippen LogP contribution is 2.17. The van der Waals surface area contributed by atoms with Gasteiger partial charge in [0.15, 0.2) is 5.65 Å². The molecule has 0 bridgehead atoms. The molecule has 2 aromatic heterocycles. The van der Waals surface area contributed by atoms with Crippen LogP contribution in [0.25, 0.3) is 5.65 Å². The Kier molecular flexibility index (Phi) is 6.67. The van der Waals surface area contributed by atoms with Crippen molar-refractivity contribution in [2.75, 3.05) is 32.8 Å². The summed E-state index contributed by atoms with van der Waals surface area (Å²) >= 11 is 0. The van der Waals surface area contributed by atoms with E-state index in [9.17, 15) is 4.79 Å². The van der Waals surface area contributed by atoms with E-state index >= 15 is 0 Å². The molecule has 154 valence electrons. The van der Waals surface area contributed by atoms with E-state index in [0.717, 1.165) is 54.5 Å². The van der Waals surface area contributed by atoms with Crippen molar-refractivity contribution in [3.8, 4) is 0 Å². The van der Waals surface area contributed by atoms with E-state index in [1.54, 1.807) is 0 Å². The lowest BCUT2D eigenvalue weighted by atomic mass is 10.1. The summed E-state index contributed by atoms with van der Waals surface area (Å²) in [6.07, 6.45) is 1.18. The first-order chi connectivity index (χ1) is 13.3. The van der Waals surface area contributed by atoms with Gasteiger partial charge < -0.3 is 10.1 Å². The molecule has 1 N–H and O–H groups in total. The molecule has 28 heavy (non-hydrogen) atoms. The third-order valence-electron chi connectivity index (χ3n) is 5.26. The van der Waals surface area contributed by atoms with Crippen LogP contribution in [0.3, 0.4) is 0 Å². The Balaban J connectivity index is 1.51. The van der Waals surface area contributed by atoms with Crippen LogP contribution in [0.5, 0.6) is 0 Å². The maximum absolute atomic E-state index is 12.4. The summed E-state index contributed by atoms with van der Waals surface area (Å²) in [5, 5.41) is 7.54. The van der Waals surface area contributed by atoms with Crippen LogP contribution in [0.15, 0.2) is 6.07 Å². The monoisotopic (exact) mass is 387 g/mol. The zero-order valence-electron chi connectivity index (χ0n) is 17.8. The van der Waals surface area contributed by atoms with E-state index in [-0.39, 0.29) is 12.0 Å². The fraction of sp³-hybridized carbons (Fsp3) is 0.667. The molecule has 3 heterocycles. The standard InChI is InChI=1S/C21H33N5O2/c1-14(2)12-25-8-9-28-18(13-25)11-22-21(27)7-6-19-16(4)23-20-10-15(3)24-26(20)17(19)5/h10,14,18H,6-9,11-13H2,1-5H3,(H,22,27). The summed E-state index contributed by atoms with van der Waals surface area (Å²) < 4.78 is 7.68. The number of carbonyl (C=O) groups excluding carboxylic acids is 1. The second-order valence-corrected chi connectivity index (χ2v) is 8.27. The van der Waals surface area contributed by atoms with Gasteiger partial charge in [0.1, 0.15) is 0 Å². The van der Waals surface area contributed by atoms with Crippen molar-refractivity contribution >= 4 is 11.6 Å². The lowest BCUT2D eigenvalue weighted by Gasteiger charge is -2.33. The highest BCUT2D eigenvalue weighted by molar-refractivity contribution is 5.76. The minimum atomic E-state index is 0.0557. The van der Waals surface area contributed by atoms with E-state index < -0.39 is 0 Å². The van der Waals surface area contributed by atoms with Gasteiger partial charge in [0, 0.05) is 50.1 Å². The van der Waals surface area contributed by atoms with Gasteiger partial charge in [-0.05, 0) is 38.7 Å². The second-order valence-electron chi connectivity index (χ2n) is 8.27. The van der Waals surface area contributed by atoms with Gasteiger partial charge >= 0.3 is 0 Å². The molecule has 0 radical (unpaired) electrons. The Morgan fingerprint density at radius 3 is 2.89 bits per heavy atom. The number of hydrogen-bond acceptors (Lipinski definition) is 5. The van der Waals surface area contributed by atoms with Crippen LogP contribution in [0, 0.1) is 26.7 Å². The Bertz CT molecular complexity index is 830. The number of nitrogens with zero attached hydrogens (tertiary/aromatic N) is 4. The molecular formula is C21H33N5O2. The third-order valence-corrected chi connectivity index (χ3v) is 5.26. The average Bonchev–Trinajstić information content (AvgIpc) is 3.00. The first-order valence-corrected chi connectivity index (χ1v) is 10.3. The van der Waals surface area contributed by atoms with E-state index in [1.165, 1.54) is 0 Å². The molecular weight excluding hydrogens is 354 g/mol. The number of carbonyl (C=O) groups is 1. The van der Waals surface area contributed by atoms with Crippen molar-refractivity contribution in [3.05, 3.63) is 28.7 Å². The Labute approximate surface area is 167 Å². The smallest absolute Gasteiger partial charge is 0.220 e. The summed E-state index contributed by atoms with van der Waals surface area (Å²) in [6.45, 7) is 14.7. The third kappa shape index (κ3) is 5.08. The zero-order valence-corrected chi connectivity index (χ0v) is 17.8. The number of rotatable bonds is 7. The number of morpholine rings is 1. The molecule has 0 aliphatic carbocycles. The van der Waals surface area contributed by atoms with E-state index in [0.29, 0.717) is 25.3 Å². The van der Waals surface area contributed by atoms with Gasteiger partial charge in [0.05, 0.1) is 18.4 Å². The van der Waals surface area contributed by atoms with Crippen LogP contribution in [0.1, 0.15) is 42.9 Å².